The predicted octanol–water partition coefficient (Wildman–Crippen LogP) is 3.43. The average Bonchev–Trinajstić information content (AvgIpc) is 3.10. The molecule has 1 N–H and O–H groups in total. The Labute approximate surface area is 184 Å². The number of hydrogen-bond acceptors (Lipinski definition) is 5. The van der Waals surface area contributed by atoms with E-state index in [1.54, 1.807) is 24.3 Å². The van der Waals surface area contributed by atoms with Crippen LogP contribution in [0.4, 0.5) is 0 Å². The van der Waals surface area contributed by atoms with E-state index in [-0.39, 0.29) is 4.90 Å². The quantitative estimate of drug-likeness (QED) is 0.459. The Morgan fingerprint density at radius 1 is 1.00 bits per heavy atom. The van der Waals surface area contributed by atoms with Gasteiger partial charge in [0.25, 0.3) is 0 Å². The molecule has 2 aromatic carbocycles. The van der Waals surface area contributed by atoms with E-state index in [2.05, 4.69) is 9.82 Å². The number of aryl methyl sites for hydroxylation is 2. The fraction of sp³-hybridized carbons (Fsp3) is 0.348. The molecule has 0 amide bonds. The highest BCUT2D eigenvalue weighted by Crippen LogP contribution is 2.16. The van der Waals surface area contributed by atoms with Crippen LogP contribution >= 0.6 is 0 Å². The third-order valence-electron chi connectivity index (χ3n) is 4.73. The fourth-order valence-corrected chi connectivity index (χ4v) is 4.22. The monoisotopic (exact) mass is 443 g/mol. The molecule has 0 atom stereocenters. The van der Waals surface area contributed by atoms with Crippen molar-refractivity contribution in [2.24, 2.45) is 0 Å². The van der Waals surface area contributed by atoms with Gasteiger partial charge in [0.15, 0.2) is 0 Å². The molecule has 166 valence electrons. The molecular formula is C23H29N3O4S. The minimum Gasteiger partial charge on any atom is -0.491 e. The van der Waals surface area contributed by atoms with E-state index in [0.717, 1.165) is 22.6 Å². The van der Waals surface area contributed by atoms with Gasteiger partial charge in [-0.05, 0) is 75.2 Å². The van der Waals surface area contributed by atoms with Gasteiger partial charge in [-0.2, -0.15) is 5.10 Å². The number of aromatic nitrogens is 2. The maximum Gasteiger partial charge on any atom is 0.240 e. The number of sulfonamides is 1. The van der Waals surface area contributed by atoms with Crippen LogP contribution in [0.1, 0.15) is 23.9 Å². The van der Waals surface area contributed by atoms with E-state index in [0.29, 0.717) is 38.5 Å². The van der Waals surface area contributed by atoms with Crippen LogP contribution in [0.25, 0.3) is 5.69 Å². The fourth-order valence-electron chi connectivity index (χ4n) is 3.18. The summed E-state index contributed by atoms with van der Waals surface area (Å²) in [7, 11) is -3.57. The summed E-state index contributed by atoms with van der Waals surface area (Å²) in [4.78, 5) is 0.213. The molecule has 0 fully saturated rings. The Bertz CT molecular complexity index is 1080. The summed E-state index contributed by atoms with van der Waals surface area (Å²) >= 11 is 0. The Morgan fingerprint density at radius 3 is 2.32 bits per heavy atom. The van der Waals surface area contributed by atoms with E-state index in [9.17, 15) is 8.42 Å². The molecule has 0 unspecified atom stereocenters. The molecule has 0 aliphatic rings. The number of rotatable bonds is 11. The van der Waals surface area contributed by atoms with E-state index >= 15 is 0 Å². The van der Waals surface area contributed by atoms with Crippen LogP contribution < -0.4 is 9.46 Å². The highest BCUT2D eigenvalue weighted by Gasteiger charge is 2.13. The van der Waals surface area contributed by atoms with Gasteiger partial charge in [-0.3, -0.25) is 0 Å². The average molecular weight is 444 g/mol. The maximum atomic E-state index is 12.5. The SMILES string of the molecule is CCOCCOc1ccc(S(=O)(=O)NCCc2ccc(-n3nc(C)cc3C)cc2)cc1. The summed E-state index contributed by atoms with van der Waals surface area (Å²) < 4.78 is 40.3. The van der Waals surface area contributed by atoms with Crippen LogP contribution in [0, 0.1) is 13.8 Å². The molecule has 8 heteroatoms. The molecule has 0 aliphatic carbocycles. The smallest absolute Gasteiger partial charge is 0.240 e. The van der Waals surface area contributed by atoms with Crippen molar-refractivity contribution in [1.82, 2.24) is 14.5 Å². The van der Waals surface area contributed by atoms with Crippen LogP contribution in [0.5, 0.6) is 5.75 Å². The molecule has 0 saturated carbocycles. The molecule has 0 bridgehead atoms. The van der Waals surface area contributed by atoms with E-state index in [1.807, 2.05) is 55.8 Å². The Kier molecular flexibility index (Phi) is 7.84. The Balaban J connectivity index is 1.51. The number of hydrogen-bond donors (Lipinski definition) is 1. The lowest BCUT2D eigenvalue weighted by molar-refractivity contribution is 0.110. The number of nitrogens with one attached hydrogen (secondary N) is 1. The zero-order valence-electron chi connectivity index (χ0n) is 18.2. The summed E-state index contributed by atoms with van der Waals surface area (Å²) in [5, 5.41) is 4.48. The van der Waals surface area contributed by atoms with Crippen LogP contribution in [-0.4, -0.2) is 44.6 Å². The Morgan fingerprint density at radius 2 is 1.71 bits per heavy atom. The topological polar surface area (TPSA) is 82.5 Å². The Hall–Kier alpha value is -2.68. The van der Waals surface area contributed by atoms with Crippen molar-refractivity contribution in [3.05, 3.63) is 71.5 Å². The maximum absolute atomic E-state index is 12.5. The molecular weight excluding hydrogens is 414 g/mol. The van der Waals surface area contributed by atoms with Gasteiger partial charge in [0.05, 0.1) is 22.9 Å². The van der Waals surface area contributed by atoms with Crippen molar-refractivity contribution < 1.29 is 17.9 Å². The van der Waals surface area contributed by atoms with Gasteiger partial charge >= 0.3 is 0 Å². The first kappa shape index (κ1) is 23.0. The third kappa shape index (κ3) is 6.40. The molecule has 0 aliphatic heterocycles. The van der Waals surface area contributed by atoms with Gasteiger partial charge in [-0.15, -0.1) is 0 Å². The highest BCUT2D eigenvalue weighted by atomic mass is 32.2. The van der Waals surface area contributed by atoms with E-state index < -0.39 is 10.0 Å². The van der Waals surface area contributed by atoms with Gasteiger partial charge < -0.3 is 9.47 Å². The van der Waals surface area contributed by atoms with Crippen molar-refractivity contribution in [2.75, 3.05) is 26.4 Å². The van der Waals surface area contributed by atoms with Crippen molar-refractivity contribution in [1.29, 1.82) is 0 Å². The summed E-state index contributed by atoms with van der Waals surface area (Å²) in [5.74, 6) is 0.612. The highest BCUT2D eigenvalue weighted by molar-refractivity contribution is 7.89. The van der Waals surface area contributed by atoms with Crippen molar-refractivity contribution in [3.63, 3.8) is 0 Å². The first-order chi connectivity index (χ1) is 14.9. The second-order valence-corrected chi connectivity index (χ2v) is 8.94. The lowest BCUT2D eigenvalue weighted by atomic mass is 10.1. The summed E-state index contributed by atoms with van der Waals surface area (Å²) in [6.07, 6.45) is 0.593. The molecule has 7 nitrogen and oxygen atoms in total. The van der Waals surface area contributed by atoms with Crippen molar-refractivity contribution >= 4 is 10.0 Å². The molecule has 0 spiro atoms. The number of benzene rings is 2. The van der Waals surface area contributed by atoms with E-state index in [1.165, 1.54) is 0 Å². The van der Waals surface area contributed by atoms with Gasteiger partial charge in [0, 0.05) is 18.8 Å². The second-order valence-electron chi connectivity index (χ2n) is 7.17. The van der Waals surface area contributed by atoms with Gasteiger partial charge in [-0.25, -0.2) is 17.8 Å². The van der Waals surface area contributed by atoms with Crippen LogP contribution in [0.2, 0.25) is 0 Å². The molecule has 3 aromatic rings. The van der Waals surface area contributed by atoms with Crippen molar-refractivity contribution in [2.45, 2.75) is 32.1 Å². The zero-order valence-corrected chi connectivity index (χ0v) is 19.0. The van der Waals surface area contributed by atoms with Crippen LogP contribution in [0.15, 0.2) is 59.5 Å². The zero-order chi connectivity index (χ0) is 22.3. The molecule has 0 saturated heterocycles. The van der Waals surface area contributed by atoms with Gasteiger partial charge in [0.1, 0.15) is 12.4 Å². The second kappa shape index (κ2) is 10.6. The summed E-state index contributed by atoms with van der Waals surface area (Å²) in [5.41, 5.74) is 4.08. The minimum atomic E-state index is -3.57. The molecule has 1 heterocycles. The molecule has 3 rings (SSSR count). The third-order valence-corrected chi connectivity index (χ3v) is 6.21. The van der Waals surface area contributed by atoms with Crippen LogP contribution in [0.3, 0.4) is 0 Å². The number of nitrogens with zero attached hydrogens (tertiary/aromatic N) is 2. The van der Waals surface area contributed by atoms with Gasteiger partial charge in [0.2, 0.25) is 10.0 Å². The summed E-state index contributed by atoms with van der Waals surface area (Å²) in [6, 6.07) is 16.4. The molecule has 31 heavy (non-hydrogen) atoms. The molecule has 0 radical (unpaired) electrons. The first-order valence-electron chi connectivity index (χ1n) is 10.3. The van der Waals surface area contributed by atoms with Crippen molar-refractivity contribution in [3.8, 4) is 11.4 Å². The molecule has 1 aromatic heterocycles. The lowest BCUT2D eigenvalue weighted by Gasteiger charge is -2.10. The van der Waals surface area contributed by atoms with Gasteiger partial charge in [-0.1, -0.05) is 12.1 Å². The first-order valence-corrected chi connectivity index (χ1v) is 11.8. The minimum absolute atomic E-state index is 0.213. The van der Waals surface area contributed by atoms with Crippen LogP contribution in [-0.2, 0) is 21.2 Å². The standard InChI is InChI=1S/C23H29N3O4S/c1-4-29-15-16-30-22-9-11-23(12-10-22)31(27,28)24-14-13-20-5-7-21(8-6-20)26-19(3)17-18(2)25-26/h5-12,17,24H,4,13-16H2,1-3H3. The number of ether oxygens (including phenoxy) is 2. The summed E-state index contributed by atoms with van der Waals surface area (Å²) in [6.45, 7) is 7.78. The predicted molar refractivity (Wildman–Crippen MR) is 120 cm³/mol. The van der Waals surface area contributed by atoms with E-state index in [4.69, 9.17) is 9.47 Å². The lowest BCUT2D eigenvalue weighted by Crippen LogP contribution is -2.26. The largest absolute Gasteiger partial charge is 0.491 e. The normalized spacial score (nSPS) is 11.6.